The molecule has 0 spiro atoms. The Morgan fingerprint density at radius 3 is 2.16 bits per heavy atom. The summed E-state index contributed by atoms with van der Waals surface area (Å²) in [6.45, 7) is 0.564. The third kappa shape index (κ3) is 5.72. The maximum atomic E-state index is 14.2. The first-order valence-electron chi connectivity index (χ1n) is 15.2. The topological polar surface area (TPSA) is 112 Å². The molecule has 3 aromatic carbocycles. The third-order valence-corrected chi connectivity index (χ3v) is 10.4. The predicted octanol–water partition coefficient (Wildman–Crippen LogP) is 6.24. The summed E-state index contributed by atoms with van der Waals surface area (Å²) >= 11 is 1.92. The summed E-state index contributed by atoms with van der Waals surface area (Å²) in [5.74, 6) is 2.20. The van der Waals surface area contributed by atoms with Crippen molar-refractivity contribution in [3.63, 3.8) is 0 Å². The number of fused-ring (bicyclic) bond motifs is 1. The summed E-state index contributed by atoms with van der Waals surface area (Å²) in [6, 6.07) is 26.1. The van der Waals surface area contributed by atoms with Crippen LogP contribution in [-0.4, -0.2) is 62.7 Å². The van der Waals surface area contributed by atoms with E-state index in [2.05, 4.69) is 51.6 Å². The van der Waals surface area contributed by atoms with E-state index in [4.69, 9.17) is 9.47 Å². The molecule has 2 fully saturated rings. The van der Waals surface area contributed by atoms with Gasteiger partial charge in [-0.2, -0.15) is 11.8 Å². The highest BCUT2D eigenvalue weighted by molar-refractivity contribution is 8.00. The van der Waals surface area contributed by atoms with Gasteiger partial charge in [0, 0.05) is 11.0 Å². The lowest BCUT2D eigenvalue weighted by molar-refractivity contribution is -0.396. The lowest BCUT2D eigenvalue weighted by atomic mass is 9.74. The number of nitrogens with one attached hydrogen (secondary N) is 1. The highest BCUT2D eigenvalue weighted by Crippen LogP contribution is 2.49. The number of ether oxygens (including phenoxy) is 2. The van der Waals surface area contributed by atoms with Crippen molar-refractivity contribution < 1.29 is 19.2 Å². The predicted molar refractivity (Wildman–Crippen MR) is 174 cm³/mol. The Morgan fingerprint density at radius 1 is 0.933 bits per heavy atom. The standard InChI is InChI=1S/C34H37N5O5S/c1-43-27-16-12-25(13-17-27)34(24-9-5-3-6-10-24,26-14-18-28(44-2)19-15-26)38-29-23-45-30(31(29)36-33(38)40)11-7-4-8-21-37-22-20-35-32(37)39(41)42/h3,5-6,9-10,12-20,22,29-31H,4,7-8,11,21,23H2,1-2H3,(H,36,40)/t29-,30-,31-/m0/s1. The maximum absolute atomic E-state index is 14.2. The van der Waals surface area contributed by atoms with Crippen molar-refractivity contribution in [2.75, 3.05) is 20.0 Å². The van der Waals surface area contributed by atoms with Crippen LogP contribution in [0.4, 0.5) is 10.7 Å². The van der Waals surface area contributed by atoms with Crippen LogP contribution >= 0.6 is 11.8 Å². The number of aryl methyl sites for hydroxylation is 1. The Labute approximate surface area is 266 Å². The van der Waals surface area contributed by atoms with E-state index in [-0.39, 0.29) is 29.3 Å². The number of urea groups is 1. The number of hydrogen-bond donors (Lipinski definition) is 1. The molecule has 2 amide bonds. The van der Waals surface area contributed by atoms with Gasteiger partial charge in [-0.15, -0.1) is 0 Å². The molecule has 3 atom stereocenters. The molecule has 1 N–H and O–H groups in total. The molecule has 0 aliphatic carbocycles. The van der Waals surface area contributed by atoms with E-state index in [1.807, 2.05) is 54.2 Å². The number of rotatable bonds is 13. The smallest absolute Gasteiger partial charge is 0.434 e. The van der Waals surface area contributed by atoms with Crippen molar-refractivity contribution in [3.05, 3.63) is 118 Å². The summed E-state index contributed by atoms with van der Waals surface area (Å²) in [4.78, 5) is 30.9. The van der Waals surface area contributed by atoms with Crippen LogP contribution in [0.25, 0.3) is 0 Å². The van der Waals surface area contributed by atoms with Gasteiger partial charge in [0.05, 0.1) is 32.8 Å². The van der Waals surface area contributed by atoms with E-state index in [0.29, 0.717) is 6.54 Å². The number of imidazole rings is 1. The molecule has 11 heteroatoms. The summed E-state index contributed by atoms with van der Waals surface area (Å²) in [7, 11) is 3.30. The average molecular weight is 628 g/mol. The van der Waals surface area contributed by atoms with Crippen molar-refractivity contribution in [2.24, 2.45) is 0 Å². The van der Waals surface area contributed by atoms with Gasteiger partial charge in [-0.3, -0.25) is 0 Å². The fourth-order valence-corrected chi connectivity index (χ4v) is 8.43. The molecule has 234 valence electrons. The van der Waals surface area contributed by atoms with Gasteiger partial charge in [0.25, 0.3) is 0 Å². The normalized spacial score (nSPS) is 19.3. The first-order valence-corrected chi connectivity index (χ1v) is 16.2. The number of methoxy groups -OCH3 is 2. The number of thioether (sulfide) groups is 1. The first-order chi connectivity index (χ1) is 22.0. The summed E-state index contributed by atoms with van der Waals surface area (Å²) in [6.07, 6.45) is 6.81. The molecule has 10 nitrogen and oxygen atoms in total. The van der Waals surface area contributed by atoms with E-state index < -0.39 is 10.5 Å². The van der Waals surface area contributed by atoms with E-state index in [9.17, 15) is 14.9 Å². The Kier molecular flexibility index (Phi) is 8.97. The zero-order valence-corrected chi connectivity index (χ0v) is 26.2. The minimum atomic E-state index is -0.904. The van der Waals surface area contributed by atoms with E-state index in [0.717, 1.165) is 59.6 Å². The molecule has 45 heavy (non-hydrogen) atoms. The number of carbonyl (C=O) groups excluding carboxylic acids is 1. The van der Waals surface area contributed by atoms with Crippen LogP contribution in [0.3, 0.4) is 0 Å². The Hall–Kier alpha value is -4.51. The Balaban J connectivity index is 1.29. The van der Waals surface area contributed by atoms with Crippen LogP contribution in [0.15, 0.2) is 91.3 Å². The van der Waals surface area contributed by atoms with Gasteiger partial charge < -0.3 is 29.8 Å². The molecule has 2 aliphatic rings. The molecule has 0 unspecified atom stereocenters. The van der Waals surface area contributed by atoms with Crippen LogP contribution in [0.2, 0.25) is 0 Å². The summed E-state index contributed by atoms with van der Waals surface area (Å²) in [5.41, 5.74) is 2.03. The second-order valence-corrected chi connectivity index (χ2v) is 12.6. The number of unbranched alkanes of at least 4 members (excludes halogenated alkanes) is 2. The van der Waals surface area contributed by atoms with Crippen molar-refractivity contribution in [1.29, 1.82) is 0 Å². The third-order valence-electron chi connectivity index (χ3n) is 8.95. The molecular formula is C34H37N5O5S. The van der Waals surface area contributed by atoms with Crippen molar-refractivity contribution in [1.82, 2.24) is 19.8 Å². The Morgan fingerprint density at radius 2 is 1.56 bits per heavy atom. The number of nitrogens with zero attached hydrogens (tertiary/aromatic N) is 4. The van der Waals surface area contributed by atoms with E-state index >= 15 is 0 Å². The molecule has 3 heterocycles. The maximum Gasteiger partial charge on any atom is 0.434 e. The van der Waals surface area contributed by atoms with Crippen LogP contribution < -0.4 is 14.8 Å². The fraction of sp³-hybridized carbons (Fsp3) is 0.353. The second kappa shape index (κ2) is 13.2. The molecule has 6 rings (SSSR count). The number of benzene rings is 3. The molecule has 0 bridgehead atoms. The van der Waals surface area contributed by atoms with Crippen molar-refractivity contribution in [3.8, 4) is 11.5 Å². The fourth-order valence-electron chi connectivity index (χ4n) is 6.84. The number of nitro groups is 1. The lowest BCUT2D eigenvalue weighted by Gasteiger charge is -2.45. The van der Waals surface area contributed by atoms with Crippen LogP contribution in [-0.2, 0) is 12.1 Å². The average Bonchev–Trinajstić information content (AvgIpc) is 3.79. The van der Waals surface area contributed by atoms with Crippen LogP contribution in [0.5, 0.6) is 11.5 Å². The van der Waals surface area contributed by atoms with Crippen LogP contribution in [0.1, 0.15) is 42.4 Å². The lowest BCUT2D eigenvalue weighted by Crippen LogP contribution is -2.53. The molecule has 4 aromatic rings. The van der Waals surface area contributed by atoms with E-state index in [1.165, 1.54) is 6.20 Å². The van der Waals surface area contributed by atoms with Gasteiger partial charge >= 0.3 is 12.0 Å². The van der Waals surface area contributed by atoms with Crippen molar-refractivity contribution in [2.45, 2.75) is 55.1 Å². The second-order valence-electron chi connectivity index (χ2n) is 11.3. The zero-order valence-electron chi connectivity index (χ0n) is 25.4. The van der Waals surface area contributed by atoms with Gasteiger partial charge in [0.2, 0.25) is 0 Å². The molecule has 1 aromatic heterocycles. The number of aromatic nitrogens is 2. The number of amides is 2. The monoisotopic (exact) mass is 627 g/mol. The van der Waals surface area contributed by atoms with E-state index in [1.54, 1.807) is 25.0 Å². The Bertz CT molecular complexity index is 1560. The highest BCUT2D eigenvalue weighted by atomic mass is 32.2. The molecule has 2 saturated heterocycles. The quantitative estimate of drug-likeness (QED) is 0.0614. The molecule has 0 radical (unpaired) electrons. The SMILES string of the molecule is COc1ccc(C(c2ccccc2)(c2ccc(OC)cc2)N2C(=O)N[C@@H]3[C@H](CCCCCn4ccnc4[N+](=O)[O-])SC[C@@H]32)cc1. The van der Waals surface area contributed by atoms with Gasteiger partial charge in [-0.1, -0.05) is 72.4 Å². The largest absolute Gasteiger partial charge is 0.497 e. The highest BCUT2D eigenvalue weighted by Gasteiger charge is 2.57. The molecular weight excluding hydrogens is 590 g/mol. The zero-order chi connectivity index (χ0) is 31.4. The van der Waals surface area contributed by atoms with Gasteiger partial charge in [-0.25, -0.2) is 9.36 Å². The molecule has 0 saturated carbocycles. The summed E-state index contributed by atoms with van der Waals surface area (Å²) < 4.78 is 12.6. The summed E-state index contributed by atoms with van der Waals surface area (Å²) in [5, 5.41) is 14.8. The minimum absolute atomic E-state index is 0.00294. The van der Waals surface area contributed by atoms with Crippen LogP contribution in [0, 0.1) is 10.1 Å². The first kappa shape index (κ1) is 30.5. The number of hydrogen-bond acceptors (Lipinski definition) is 7. The molecule has 2 aliphatic heterocycles. The minimum Gasteiger partial charge on any atom is -0.497 e. The van der Waals surface area contributed by atoms with Crippen molar-refractivity contribution >= 4 is 23.7 Å². The van der Waals surface area contributed by atoms with Gasteiger partial charge in [-0.05, 0) is 58.7 Å². The van der Waals surface area contributed by atoms with Gasteiger partial charge in [0.1, 0.15) is 29.4 Å². The number of carbonyl (C=O) groups is 1. The van der Waals surface area contributed by atoms with Gasteiger partial charge in [0.15, 0.2) is 0 Å².